The predicted octanol–water partition coefficient (Wildman–Crippen LogP) is 5.21. The van der Waals surface area contributed by atoms with E-state index in [2.05, 4.69) is 17.4 Å². The zero-order valence-corrected chi connectivity index (χ0v) is 18.2. The molecule has 1 aromatic heterocycles. The van der Waals surface area contributed by atoms with Crippen molar-refractivity contribution in [2.75, 3.05) is 0 Å². The zero-order valence-electron chi connectivity index (χ0n) is 18.2. The van der Waals surface area contributed by atoms with Crippen LogP contribution in [-0.4, -0.2) is 17.1 Å². The number of benzene rings is 1. The molecule has 1 atom stereocenters. The monoisotopic (exact) mass is 408 g/mol. The van der Waals surface area contributed by atoms with Crippen molar-refractivity contribution < 1.29 is 14.1 Å². The van der Waals surface area contributed by atoms with Gasteiger partial charge in [0.05, 0.1) is 11.3 Å². The van der Waals surface area contributed by atoms with Gasteiger partial charge in [-0.25, -0.2) is 0 Å². The molecule has 6 rings (SSSR count). The fourth-order valence-electron chi connectivity index (χ4n) is 6.73. The summed E-state index contributed by atoms with van der Waals surface area (Å²) in [7, 11) is 0. The van der Waals surface area contributed by atoms with Gasteiger partial charge in [-0.15, -0.1) is 0 Å². The summed E-state index contributed by atoms with van der Waals surface area (Å²) < 4.78 is 11.1. The lowest BCUT2D eigenvalue weighted by molar-refractivity contribution is -0.0688. The van der Waals surface area contributed by atoms with Crippen LogP contribution in [0.4, 0.5) is 0 Å². The van der Waals surface area contributed by atoms with Gasteiger partial charge in [0.2, 0.25) is 0 Å². The highest BCUT2D eigenvalue weighted by molar-refractivity contribution is 5.94. The third kappa shape index (κ3) is 3.52. The van der Waals surface area contributed by atoms with E-state index in [1.54, 1.807) is 0 Å². The summed E-state index contributed by atoms with van der Waals surface area (Å²) in [5.74, 6) is 4.11. The van der Waals surface area contributed by atoms with E-state index >= 15 is 0 Å². The lowest BCUT2D eigenvalue weighted by Gasteiger charge is -2.59. The van der Waals surface area contributed by atoms with Crippen molar-refractivity contribution in [3.05, 3.63) is 46.8 Å². The Morgan fingerprint density at radius 3 is 2.47 bits per heavy atom. The molecule has 4 fully saturated rings. The van der Waals surface area contributed by atoms with E-state index in [4.69, 9.17) is 9.26 Å². The third-order valence-corrected chi connectivity index (χ3v) is 8.01. The molecule has 0 radical (unpaired) electrons. The summed E-state index contributed by atoms with van der Waals surface area (Å²) in [5.41, 5.74) is 2.76. The number of amides is 1. The quantitative estimate of drug-likeness (QED) is 0.713. The predicted molar refractivity (Wildman–Crippen MR) is 114 cm³/mol. The number of nitrogens with zero attached hydrogens (tertiary/aromatic N) is 1. The molecular weight excluding hydrogens is 376 g/mol. The number of nitrogens with one attached hydrogen (secondary N) is 1. The normalized spacial score (nSPS) is 30.3. The molecule has 1 N–H and O–H groups in total. The second-order valence-corrected chi connectivity index (χ2v) is 10.1. The standard InChI is InChI=1S/C25H32N2O3/c1-15-23(16(2)30-27-15)14-29-22-6-4-5-21(10-22)24(28)26-17(3)25-11-18-7-19(12-25)9-20(8-18)13-25/h4-6,10,17-20H,7-9,11-14H2,1-3H3,(H,26,28). The van der Waals surface area contributed by atoms with Gasteiger partial charge in [-0.05, 0) is 101 Å². The third-order valence-electron chi connectivity index (χ3n) is 8.01. The van der Waals surface area contributed by atoms with Crippen LogP contribution in [0.25, 0.3) is 0 Å². The number of aryl methyl sites for hydroxylation is 2. The van der Waals surface area contributed by atoms with E-state index in [-0.39, 0.29) is 11.9 Å². The lowest BCUT2D eigenvalue weighted by atomic mass is 9.48. The number of ether oxygens (including phenoxy) is 1. The summed E-state index contributed by atoms with van der Waals surface area (Å²) in [4.78, 5) is 13.0. The summed E-state index contributed by atoms with van der Waals surface area (Å²) in [6.45, 7) is 6.40. The van der Waals surface area contributed by atoms with Crippen LogP contribution in [0.15, 0.2) is 28.8 Å². The van der Waals surface area contributed by atoms with Crippen LogP contribution in [0.3, 0.4) is 0 Å². The van der Waals surface area contributed by atoms with Crippen molar-refractivity contribution in [2.24, 2.45) is 23.2 Å². The Balaban J connectivity index is 1.25. The number of carbonyl (C=O) groups excluding carboxylic acids is 1. The maximum Gasteiger partial charge on any atom is 0.251 e. The van der Waals surface area contributed by atoms with Crippen molar-refractivity contribution >= 4 is 5.91 Å². The molecule has 5 heteroatoms. The Morgan fingerprint density at radius 1 is 1.20 bits per heavy atom. The van der Waals surface area contributed by atoms with E-state index in [1.165, 1.54) is 38.5 Å². The first-order chi connectivity index (χ1) is 14.4. The Hall–Kier alpha value is -2.30. The molecule has 4 aliphatic carbocycles. The van der Waals surface area contributed by atoms with Crippen molar-refractivity contribution in [1.82, 2.24) is 10.5 Å². The Labute approximate surface area is 178 Å². The molecule has 1 heterocycles. The van der Waals surface area contributed by atoms with E-state index < -0.39 is 0 Å². The van der Waals surface area contributed by atoms with Crippen molar-refractivity contribution in [3.63, 3.8) is 0 Å². The van der Waals surface area contributed by atoms with Crippen LogP contribution in [-0.2, 0) is 6.61 Å². The average Bonchev–Trinajstić information content (AvgIpc) is 3.03. The summed E-state index contributed by atoms with van der Waals surface area (Å²) >= 11 is 0. The minimum Gasteiger partial charge on any atom is -0.489 e. The lowest BCUT2D eigenvalue weighted by Crippen LogP contribution is -2.55. The molecule has 0 saturated heterocycles. The van der Waals surface area contributed by atoms with Gasteiger partial charge in [0.1, 0.15) is 18.1 Å². The minimum absolute atomic E-state index is 0.000958. The molecule has 0 aliphatic heterocycles. The van der Waals surface area contributed by atoms with Crippen molar-refractivity contribution in [1.29, 1.82) is 0 Å². The van der Waals surface area contributed by atoms with E-state index in [9.17, 15) is 4.79 Å². The first-order valence-corrected chi connectivity index (χ1v) is 11.4. The number of rotatable bonds is 6. The minimum atomic E-state index is 0.000958. The van der Waals surface area contributed by atoms with Crippen LogP contribution < -0.4 is 10.1 Å². The van der Waals surface area contributed by atoms with Crippen LogP contribution in [0.5, 0.6) is 5.75 Å². The molecule has 1 amide bonds. The fraction of sp³-hybridized carbons (Fsp3) is 0.600. The van der Waals surface area contributed by atoms with Crippen molar-refractivity contribution in [3.8, 4) is 5.75 Å². The highest BCUT2D eigenvalue weighted by Gasteiger charge is 2.53. The molecule has 30 heavy (non-hydrogen) atoms. The van der Waals surface area contributed by atoms with Crippen LogP contribution in [0.2, 0.25) is 0 Å². The van der Waals surface area contributed by atoms with Gasteiger partial charge in [-0.3, -0.25) is 4.79 Å². The number of hydrogen-bond acceptors (Lipinski definition) is 4. The maximum atomic E-state index is 13.0. The second-order valence-electron chi connectivity index (χ2n) is 10.1. The van der Waals surface area contributed by atoms with Gasteiger partial charge < -0.3 is 14.6 Å². The van der Waals surface area contributed by atoms with Crippen molar-refractivity contribution in [2.45, 2.75) is 71.9 Å². The summed E-state index contributed by atoms with van der Waals surface area (Å²) in [6.07, 6.45) is 8.14. The fourth-order valence-corrected chi connectivity index (χ4v) is 6.73. The maximum absolute atomic E-state index is 13.0. The highest BCUT2D eigenvalue weighted by Crippen LogP contribution is 2.61. The summed E-state index contributed by atoms with van der Waals surface area (Å²) in [5, 5.41) is 7.31. The molecular formula is C25H32N2O3. The molecule has 1 unspecified atom stereocenters. The Kier molecular flexibility index (Phi) is 4.87. The van der Waals surface area contributed by atoms with E-state index in [1.807, 2.05) is 38.1 Å². The molecule has 4 saturated carbocycles. The van der Waals surface area contributed by atoms with Gasteiger partial charge in [-0.1, -0.05) is 11.2 Å². The van der Waals surface area contributed by atoms with E-state index in [0.29, 0.717) is 23.3 Å². The number of carbonyl (C=O) groups is 1. The van der Waals surface area contributed by atoms with Gasteiger partial charge >= 0.3 is 0 Å². The molecule has 5 nitrogen and oxygen atoms in total. The van der Waals surface area contributed by atoms with Gasteiger partial charge in [-0.2, -0.15) is 0 Å². The van der Waals surface area contributed by atoms with Gasteiger partial charge in [0.15, 0.2) is 0 Å². The van der Waals surface area contributed by atoms with Crippen LogP contribution in [0.1, 0.15) is 72.8 Å². The topological polar surface area (TPSA) is 64.4 Å². The molecule has 1 aromatic carbocycles. The molecule has 0 spiro atoms. The molecule has 2 aromatic rings. The molecule has 160 valence electrons. The summed E-state index contributed by atoms with van der Waals surface area (Å²) in [6, 6.07) is 7.68. The average molecular weight is 409 g/mol. The smallest absolute Gasteiger partial charge is 0.251 e. The van der Waals surface area contributed by atoms with Gasteiger partial charge in [0.25, 0.3) is 5.91 Å². The SMILES string of the molecule is Cc1noc(C)c1COc1cccc(C(=O)NC(C)C23CC4CC(CC(C4)C2)C3)c1. The largest absolute Gasteiger partial charge is 0.489 e. The second kappa shape index (κ2) is 7.44. The molecule has 4 bridgehead atoms. The van der Waals surface area contributed by atoms with Crippen LogP contribution in [0, 0.1) is 37.0 Å². The Bertz CT molecular complexity index is 893. The van der Waals surface area contributed by atoms with Crippen LogP contribution >= 0.6 is 0 Å². The molecule has 4 aliphatic rings. The first-order valence-electron chi connectivity index (χ1n) is 11.4. The Morgan fingerprint density at radius 2 is 1.87 bits per heavy atom. The first kappa shape index (κ1) is 19.7. The zero-order chi connectivity index (χ0) is 20.9. The van der Waals surface area contributed by atoms with E-state index in [0.717, 1.165) is 34.8 Å². The highest BCUT2D eigenvalue weighted by atomic mass is 16.5. The number of aromatic nitrogens is 1. The number of hydrogen-bond donors (Lipinski definition) is 1. The van der Waals surface area contributed by atoms with Gasteiger partial charge in [0, 0.05) is 11.6 Å².